The first kappa shape index (κ1) is 15.8. The Labute approximate surface area is 129 Å². The zero-order chi connectivity index (χ0) is 15.2. The zero-order valence-electron chi connectivity index (χ0n) is 13.7. The van der Waals surface area contributed by atoms with E-state index in [0.29, 0.717) is 12.0 Å². The first-order valence-electron chi connectivity index (χ1n) is 8.02. The molecule has 0 fully saturated rings. The number of benzene rings is 2. The zero-order valence-corrected chi connectivity index (χ0v) is 13.7. The van der Waals surface area contributed by atoms with Crippen molar-refractivity contribution in [2.75, 3.05) is 0 Å². The highest BCUT2D eigenvalue weighted by molar-refractivity contribution is 5.64. The summed E-state index contributed by atoms with van der Waals surface area (Å²) in [6, 6.07) is 18.4. The van der Waals surface area contributed by atoms with Gasteiger partial charge in [-0.25, -0.2) is 0 Å². The molecule has 0 saturated heterocycles. The molecule has 0 saturated carbocycles. The van der Waals surface area contributed by atoms with Crippen LogP contribution in [-0.4, -0.2) is 6.04 Å². The van der Waals surface area contributed by atoms with Crippen molar-refractivity contribution in [1.82, 2.24) is 5.32 Å². The van der Waals surface area contributed by atoms with Crippen LogP contribution in [0.5, 0.6) is 0 Å². The molecule has 0 spiro atoms. The van der Waals surface area contributed by atoms with Crippen LogP contribution in [0.1, 0.15) is 51.2 Å². The van der Waals surface area contributed by atoms with E-state index in [4.69, 9.17) is 0 Å². The SMILES string of the molecule is CCC(C)c1ccc(-c2cccc(CNC(C)C)c2)cc1. The van der Waals surface area contributed by atoms with E-state index in [0.717, 1.165) is 6.54 Å². The maximum Gasteiger partial charge on any atom is 0.0208 e. The van der Waals surface area contributed by atoms with E-state index in [1.807, 2.05) is 0 Å². The van der Waals surface area contributed by atoms with Gasteiger partial charge in [0, 0.05) is 12.6 Å². The Hall–Kier alpha value is -1.60. The van der Waals surface area contributed by atoms with E-state index in [1.54, 1.807) is 0 Å². The lowest BCUT2D eigenvalue weighted by Crippen LogP contribution is -2.21. The summed E-state index contributed by atoms with van der Waals surface area (Å²) in [5.41, 5.74) is 5.37. The third-order valence-electron chi connectivity index (χ3n) is 4.07. The fourth-order valence-corrected chi connectivity index (χ4v) is 2.42. The van der Waals surface area contributed by atoms with Gasteiger partial charge in [-0.2, -0.15) is 0 Å². The molecule has 2 aromatic rings. The highest BCUT2D eigenvalue weighted by Crippen LogP contribution is 2.24. The molecule has 21 heavy (non-hydrogen) atoms. The molecule has 2 rings (SSSR count). The molecule has 1 heteroatoms. The third kappa shape index (κ3) is 4.44. The molecule has 1 atom stereocenters. The van der Waals surface area contributed by atoms with Gasteiger partial charge in [-0.3, -0.25) is 0 Å². The highest BCUT2D eigenvalue weighted by Gasteiger charge is 2.04. The summed E-state index contributed by atoms with van der Waals surface area (Å²) in [7, 11) is 0. The van der Waals surface area contributed by atoms with E-state index in [2.05, 4.69) is 81.5 Å². The molecule has 2 aromatic carbocycles. The second-order valence-corrected chi connectivity index (χ2v) is 6.17. The molecular formula is C20H27N. The minimum Gasteiger partial charge on any atom is -0.310 e. The van der Waals surface area contributed by atoms with Gasteiger partial charge >= 0.3 is 0 Å². The summed E-state index contributed by atoms with van der Waals surface area (Å²) in [5.74, 6) is 0.639. The third-order valence-corrected chi connectivity index (χ3v) is 4.07. The molecule has 0 aliphatic carbocycles. The van der Waals surface area contributed by atoms with Gasteiger partial charge in [0.25, 0.3) is 0 Å². The largest absolute Gasteiger partial charge is 0.310 e. The first-order valence-corrected chi connectivity index (χ1v) is 8.02. The van der Waals surface area contributed by atoms with E-state index >= 15 is 0 Å². The second-order valence-electron chi connectivity index (χ2n) is 6.17. The first-order chi connectivity index (χ1) is 10.1. The van der Waals surface area contributed by atoms with Crippen molar-refractivity contribution >= 4 is 0 Å². The standard InChI is InChI=1S/C20H27N/c1-5-16(4)18-9-11-19(12-10-18)20-8-6-7-17(13-20)14-21-15(2)3/h6-13,15-16,21H,5,14H2,1-4H3. The van der Waals surface area contributed by atoms with E-state index in [-0.39, 0.29) is 0 Å². The number of nitrogens with one attached hydrogen (secondary N) is 1. The molecule has 0 aliphatic heterocycles. The lowest BCUT2D eigenvalue weighted by Gasteiger charge is -2.11. The topological polar surface area (TPSA) is 12.0 Å². The van der Waals surface area contributed by atoms with Gasteiger partial charge < -0.3 is 5.32 Å². The lowest BCUT2D eigenvalue weighted by atomic mass is 9.95. The van der Waals surface area contributed by atoms with Crippen LogP contribution in [0.25, 0.3) is 11.1 Å². The molecule has 0 radical (unpaired) electrons. The van der Waals surface area contributed by atoms with Crippen molar-refractivity contribution < 1.29 is 0 Å². The molecule has 1 nitrogen and oxygen atoms in total. The molecule has 0 heterocycles. The molecule has 1 unspecified atom stereocenters. The molecule has 0 bridgehead atoms. The van der Waals surface area contributed by atoms with Crippen LogP contribution in [0, 0.1) is 0 Å². The Bertz CT molecular complexity index is 554. The average molecular weight is 281 g/mol. The van der Waals surface area contributed by atoms with Gasteiger partial charge in [0.2, 0.25) is 0 Å². The Morgan fingerprint density at radius 1 is 0.905 bits per heavy atom. The second kappa shape index (κ2) is 7.42. The summed E-state index contributed by atoms with van der Waals surface area (Å²) in [6.45, 7) is 9.81. The lowest BCUT2D eigenvalue weighted by molar-refractivity contribution is 0.589. The van der Waals surface area contributed by atoms with Crippen molar-refractivity contribution in [3.8, 4) is 11.1 Å². The van der Waals surface area contributed by atoms with Crippen molar-refractivity contribution in [2.24, 2.45) is 0 Å². The summed E-state index contributed by atoms with van der Waals surface area (Å²) in [5, 5.41) is 3.47. The van der Waals surface area contributed by atoms with E-state index in [9.17, 15) is 0 Å². The minimum absolute atomic E-state index is 0.517. The Morgan fingerprint density at radius 3 is 2.24 bits per heavy atom. The molecule has 0 aromatic heterocycles. The van der Waals surface area contributed by atoms with Crippen molar-refractivity contribution in [3.05, 3.63) is 59.7 Å². The van der Waals surface area contributed by atoms with Crippen molar-refractivity contribution in [3.63, 3.8) is 0 Å². The van der Waals surface area contributed by atoms with Gasteiger partial charge in [0.05, 0.1) is 0 Å². The van der Waals surface area contributed by atoms with Crippen LogP contribution in [-0.2, 0) is 6.54 Å². The average Bonchev–Trinajstić information content (AvgIpc) is 2.52. The molecule has 0 amide bonds. The van der Waals surface area contributed by atoms with Gasteiger partial charge in [-0.1, -0.05) is 70.2 Å². The summed E-state index contributed by atoms with van der Waals surface area (Å²) in [4.78, 5) is 0. The maximum absolute atomic E-state index is 3.47. The van der Waals surface area contributed by atoms with Crippen LogP contribution in [0.3, 0.4) is 0 Å². The summed E-state index contributed by atoms with van der Waals surface area (Å²) < 4.78 is 0. The van der Waals surface area contributed by atoms with Crippen LogP contribution < -0.4 is 5.32 Å². The predicted molar refractivity (Wildman–Crippen MR) is 92.6 cm³/mol. The Balaban J connectivity index is 2.16. The van der Waals surface area contributed by atoms with Crippen LogP contribution in [0.15, 0.2) is 48.5 Å². The highest BCUT2D eigenvalue weighted by atomic mass is 14.9. The summed E-state index contributed by atoms with van der Waals surface area (Å²) in [6.07, 6.45) is 1.19. The normalized spacial score (nSPS) is 12.6. The number of hydrogen-bond acceptors (Lipinski definition) is 1. The van der Waals surface area contributed by atoms with Crippen molar-refractivity contribution in [1.29, 1.82) is 0 Å². The maximum atomic E-state index is 3.47. The Kier molecular flexibility index (Phi) is 5.58. The predicted octanol–water partition coefficient (Wildman–Crippen LogP) is 5.37. The molecule has 1 N–H and O–H groups in total. The molecular weight excluding hydrogens is 254 g/mol. The fraction of sp³-hybridized carbons (Fsp3) is 0.400. The molecule has 0 aliphatic rings. The van der Waals surface area contributed by atoms with Crippen molar-refractivity contribution in [2.45, 2.75) is 52.6 Å². The van der Waals surface area contributed by atoms with Gasteiger partial charge in [-0.15, -0.1) is 0 Å². The monoisotopic (exact) mass is 281 g/mol. The van der Waals surface area contributed by atoms with Gasteiger partial charge in [0.15, 0.2) is 0 Å². The van der Waals surface area contributed by atoms with Crippen LogP contribution in [0.4, 0.5) is 0 Å². The van der Waals surface area contributed by atoms with Crippen LogP contribution in [0.2, 0.25) is 0 Å². The van der Waals surface area contributed by atoms with Gasteiger partial charge in [-0.05, 0) is 40.7 Å². The van der Waals surface area contributed by atoms with E-state index in [1.165, 1.54) is 28.7 Å². The summed E-state index contributed by atoms with van der Waals surface area (Å²) >= 11 is 0. The number of hydrogen-bond donors (Lipinski definition) is 1. The fourth-order valence-electron chi connectivity index (χ4n) is 2.42. The van der Waals surface area contributed by atoms with Gasteiger partial charge in [0.1, 0.15) is 0 Å². The smallest absolute Gasteiger partial charge is 0.0208 e. The van der Waals surface area contributed by atoms with E-state index < -0.39 is 0 Å². The Morgan fingerprint density at radius 2 is 1.62 bits per heavy atom. The van der Waals surface area contributed by atoms with Crippen LogP contribution >= 0.6 is 0 Å². The number of rotatable bonds is 6. The minimum atomic E-state index is 0.517. The molecule has 112 valence electrons. The quantitative estimate of drug-likeness (QED) is 0.751.